The van der Waals surface area contributed by atoms with Crippen molar-refractivity contribution in [2.75, 3.05) is 10.6 Å². The summed E-state index contributed by atoms with van der Waals surface area (Å²) in [6, 6.07) is 9.03. The van der Waals surface area contributed by atoms with E-state index in [1.54, 1.807) is 12.1 Å². The van der Waals surface area contributed by atoms with Crippen LogP contribution in [0.15, 0.2) is 46.7 Å². The molecule has 8 nitrogen and oxygen atoms in total. The molecule has 0 fully saturated rings. The van der Waals surface area contributed by atoms with Crippen molar-refractivity contribution in [2.45, 2.75) is 13.8 Å². The summed E-state index contributed by atoms with van der Waals surface area (Å²) in [7, 11) is 0. The molecule has 0 saturated heterocycles. The summed E-state index contributed by atoms with van der Waals surface area (Å²) in [5, 5.41) is 13.3. The van der Waals surface area contributed by atoms with E-state index >= 15 is 0 Å². The predicted octanol–water partition coefficient (Wildman–Crippen LogP) is 6.85. The van der Waals surface area contributed by atoms with Crippen molar-refractivity contribution in [1.29, 1.82) is 0 Å². The van der Waals surface area contributed by atoms with Crippen molar-refractivity contribution in [1.82, 2.24) is 0 Å². The van der Waals surface area contributed by atoms with Gasteiger partial charge in [-0.3, -0.25) is 20.3 Å². The molecule has 30 heavy (non-hydrogen) atoms. The summed E-state index contributed by atoms with van der Waals surface area (Å²) in [6.45, 7) is 3.01. The second-order valence-corrected chi connectivity index (χ2v) is 7.25. The van der Waals surface area contributed by atoms with Crippen LogP contribution in [0.4, 0.5) is 21.0 Å². The molecule has 0 unspecified atom stereocenters. The number of halogens is 4. The van der Waals surface area contributed by atoms with Gasteiger partial charge < -0.3 is 0 Å². The third-order valence-corrected chi connectivity index (χ3v) is 4.86. The number of nitrogens with one attached hydrogen (secondary N) is 2. The highest BCUT2D eigenvalue weighted by atomic mass is 35.5. The average molecular weight is 492 g/mol. The van der Waals surface area contributed by atoms with Crippen LogP contribution in [0.2, 0.25) is 20.1 Å². The summed E-state index contributed by atoms with van der Waals surface area (Å²) in [4.78, 5) is 33.0. The van der Waals surface area contributed by atoms with E-state index in [0.29, 0.717) is 21.4 Å². The monoisotopic (exact) mass is 490 g/mol. The van der Waals surface area contributed by atoms with E-state index in [1.807, 2.05) is 0 Å². The molecule has 0 aliphatic heterocycles. The number of nitrogens with zero attached hydrogens (tertiary/aromatic N) is 2. The lowest BCUT2D eigenvalue weighted by Crippen LogP contribution is -2.16. The average Bonchev–Trinajstić information content (AvgIpc) is 2.70. The van der Waals surface area contributed by atoms with Crippen LogP contribution in [0, 0.1) is 0 Å². The van der Waals surface area contributed by atoms with Gasteiger partial charge in [-0.1, -0.05) is 56.7 Å². The Balaban J connectivity index is 1.87. The molecule has 2 rings (SSSR count). The van der Waals surface area contributed by atoms with Gasteiger partial charge in [0, 0.05) is 11.4 Å². The fourth-order valence-corrected chi connectivity index (χ4v) is 2.38. The minimum Gasteiger partial charge on any atom is -0.297 e. The van der Waals surface area contributed by atoms with Crippen LogP contribution in [-0.4, -0.2) is 23.6 Å². The van der Waals surface area contributed by atoms with E-state index in [9.17, 15) is 9.59 Å². The van der Waals surface area contributed by atoms with E-state index in [0.717, 1.165) is 0 Å². The Morgan fingerprint density at radius 2 is 1.07 bits per heavy atom. The maximum atomic E-state index is 11.8. The highest BCUT2D eigenvalue weighted by molar-refractivity contribution is 6.42. The molecular weight excluding hydrogens is 478 g/mol. The molecule has 0 aliphatic carbocycles. The zero-order chi connectivity index (χ0) is 22.3. The molecule has 0 spiro atoms. The molecule has 2 N–H and O–H groups in total. The summed E-state index contributed by atoms with van der Waals surface area (Å²) < 4.78 is 0. The molecule has 0 aliphatic rings. The van der Waals surface area contributed by atoms with E-state index in [1.165, 1.54) is 38.1 Å². The van der Waals surface area contributed by atoms with Crippen molar-refractivity contribution in [3.05, 3.63) is 56.5 Å². The second-order valence-electron chi connectivity index (χ2n) is 5.62. The van der Waals surface area contributed by atoms with Crippen LogP contribution in [0.1, 0.15) is 13.8 Å². The number of benzene rings is 2. The first-order valence-corrected chi connectivity index (χ1v) is 9.62. The SMILES string of the molecule is CC(=N/OC(=O)Nc1ccc(Cl)c(Cl)c1)/C(C)=N\OC(=O)Nc1ccc(Cl)c(Cl)c1. The van der Waals surface area contributed by atoms with Gasteiger partial charge in [-0.2, -0.15) is 0 Å². The maximum absolute atomic E-state index is 11.8. The van der Waals surface area contributed by atoms with Gasteiger partial charge in [-0.25, -0.2) is 9.59 Å². The molecule has 0 heterocycles. The molecule has 0 bridgehead atoms. The van der Waals surface area contributed by atoms with Crippen LogP contribution < -0.4 is 10.6 Å². The van der Waals surface area contributed by atoms with Gasteiger partial charge in [0.05, 0.1) is 20.1 Å². The maximum Gasteiger partial charge on any atom is 0.437 e. The Morgan fingerprint density at radius 1 is 0.700 bits per heavy atom. The topological polar surface area (TPSA) is 101 Å². The summed E-state index contributed by atoms with van der Waals surface area (Å²) >= 11 is 23.3. The molecule has 0 saturated carbocycles. The Bertz CT molecular complexity index is 946. The lowest BCUT2D eigenvalue weighted by Gasteiger charge is -2.05. The van der Waals surface area contributed by atoms with Gasteiger partial charge in [0.1, 0.15) is 11.4 Å². The Labute approximate surface area is 191 Å². The van der Waals surface area contributed by atoms with E-state index in [-0.39, 0.29) is 21.5 Å². The Hall–Kier alpha value is -2.52. The van der Waals surface area contributed by atoms with Crippen molar-refractivity contribution in [2.24, 2.45) is 10.3 Å². The van der Waals surface area contributed by atoms with Crippen molar-refractivity contribution in [3.8, 4) is 0 Å². The van der Waals surface area contributed by atoms with Crippen LogP contribution in [-0.2, 0) is 9.68 Å². The first-order valence-electron chi connectivity index (χ1n) is 8.11. The van der Waals surface area contributed by atoms with Crippen molar-refractivity contribution < 1.29 is 19.3 Å². The number of carbonyl (C=O) groups is 2. The molecule has 12 heteroatoms. The Kier molecular flexibility index (Phi) is 8.73. The quantitative estimate of drug-likeness (QED) is 0.271. The van der Waals surface area contributed by atoms with Crippen molar-refractivity contribution >= 4 is 81.4 Å². The molecule has 0 radical (unpaired) electrons. The molecule has 2 aromatic carbocycles. The van der Waals surface area contributed by atoms with Gasteiger partial charge >= 0.3 is 12.2 Å². The van der Waals surface area contributed by atoms with Gasteiger partial charge in [-0.05, 0) is 50.2 Å². The number of hydrogen-bond donors (Lipinski definition) is 2. The largest absolute Gasteiger partial charge is 0.437 e. The minimum absolute atomic E-state index is 0.196. The standard InChI is InChI=1S/C18H14Cl4N4O4/c1-9(25-29-17(27)23-11-3-5-13(19)15(21)7-11)10(2)26-30-18(28)24-12-4-6-14(20)16(22)8-12/h3-8H,1-2H3,(H,23,27)(H,24,28)/b25-9-,26-10-. The van der Waals surface area contributed by atoms with Gasteiger partial charge in [0.2, 0.25) is 0 Å². The zero-order valence-corrected chi connectivity index (χ0v) is 18.5. The van der Waals surface area contributed by atoms with Crippen molar-refractivity contribution in [3.63, 3.8) is 0 Å². The predicted molar refractivity (Wildman–Crippen MR) is 119 cm³/mol. The fourth-order valence-electron chi connectivity index (χ4n) is 1.78. The fraction of sp³-hybridized carbons (Fsp3) is 0.111. The lowest BCUT2D eigenvalue weighted by molar-refractivity contribution is 0.164. The first-order chi connectivity index (χ1) is 14.2. The number of anilines is 2. The second kappa shape index (κ2) is 11.0. The van der Waals surface area contributed by atoms with E-state index in [4.69, 9.17) is 56.1 Å². The van der Waals surface area contributed by atoms with Crippen LogP contribution in [0.25, 0.3) is 0 Å². The lowest BCUT2D eigenvalue weighted by atomic mass is 10.3. The summed E-state index contributed by atoms with van der Waals surface area (Å²) in [5.74, 6) is 0. The molecular formula is C18H14Cl4N4O4. The number of rotatable bonds is 5. The Morgan fingerprint density at radius 3 is 1.40 bits per heavy atom. The van der Waals surface area contributed by atoms with Crippen LogP contribution in [0.3, 0.4) is 0 Å². The minimum atomic E-state index is -0.862. The smallest absolute Gasteiger partial charge is 0.297 e. The number of carbonyl (C=O) groups excluding carboxylic acids is 2. The molecule has 2 aromatic rings. The van der Waals surface area contributed by atoms with E-state index in [2.05, 4.69) is 20.9 Å². The van der Waals surface area contributed by atoms with E-state index < -0.39 is 12.2 Å². The molecule has 0 aromatic heterocycles. The number of oxime groups is 2. The number of amides is 2. The molecule has 2 amide bonds. The zero-order valence-electron chi connectivity index (χ0n) is 15.5. The third-order valence-electron chi connectivity index (χ3n) is 3.39. The van der Waals surface area contributed by atoms with Crippen LogP contribution >= 0.6 is 46.4 Å². The highest BCUT2D eigenvalue weighted by Gasteiger charge is 2.09. The van der Waals surface area contributed by atoms with Gasteiger partial charge in [0.15, 0.2) is 0 Å². The number of hydrogen-bond acceptors (Lipinski definition) is 6. The first kappa shape index (κ1) is 23.8. The molecule has 158 valence electrons. The third kappa shape index (κ3) is 7.38. The van der Waals surface area contributed by atoms with Gasteiger partial charge in [0.25, 0.3) is 0 Å². The normalized spacial score (nSPS) is 11.7. The van der Waals surface area contributed by atoms with Gasteiger partial charge in [-0.15, -0.1) is 0 Å². The summed E-state index contributed by atoms with van der Waals surface area (Å²) in [6.07, 6.45) is -1.72. The highest BCUT2D eigenvalue weighted by Crippen LogP contribution is 2.26. The van der Waals surface area contributed by atoms with Crippen LogP contribution in [0.5, 0.6) is 0 Å². The summed E-state index contributed by atoms with van der Waals surface area (Å²) in [5.41, 5.74) is 1.13. The molecule has 0 atom stereocenters.